The molecule has 0 nitrogen and oxygen atoms in total. The Kier molecular flexibility index (Phi) is 3.20. The molecule has 0 aliphatic heterocycles. The van der Waals surface area contributed by atoms with Crippen LogP contribution in [0.5, 0.6) is 0 Å². The van der Waals surface area contributed by atoms with Gasteiger partial charge in [0.1, 0.15) is 0 Å². The van der Waals surface area contributed by atoms with Crippen LogP contribution in [0.3, 0.4) is 0 Å². The van der Waals surface area contributed by atoms with Crippen molar-refractivity contribution in [3.05, 3.63) is 0 Å². The van der Waals surface area contributed by atoms with Crippen LogP contribution in [0.25, 0.3) is 0 Å². The zero-order chi connectivity index (χ0) is 9.19. The molecule has 1 aliphatic rings. The molecule has 1 fully saturated rings. The van der Waals surface area contributed by atoms with Crippen molar-refractivity contribution in [3.63, 3.8) is 0 Å². The molecule has 3 atom stereocenters. The van der Waals surface area contributed by atoms with Crippen LogP contribution in [-0.2, 0) is 0 Å². The van der Waals surface area contributed by atoms with E-state index in [0.29, 0.717) is 0 Å². The van der Waals surface area contributed by atoms with Gasteiger partial charge in [-0.2, -0.15) is 0 Å². The molecule has 3 unspecified atom stereocenters. The maximum atomic E-state index is 2.48. The van der Waals surface area contributed by atoms with Crippen LogP contribution in [0.15, 0.2) is 0 Å². The van der Waals surface area contributed by atoms with Gasteiger partial charge in [0.2, 0.25) is 0 Å². The topological polar surface area (TPSA) is 0 Å². The average molecular weight is 168 g/mol. The highest BCUT2D eigenvalue weighted by Gasteiger charge is 2.48. The largest absolute Gasteiger partial charge is 0.0654 e. The van der Waals surface area contributed by atoms with E-state index in [2.05, 4.69) is 27.7 Å². The monoisotopic (exact) mass is 168 g/mol. The Morgan fingerprint density at radius 3 is 2.50 bits per heavy atom. The van der Waals surface area contributed by atoms with E-state index in [4.69, 9.17) is 0 Å². The minimum Gasteiger partial charge on any atom is -0.0654 e. The lowest BCUT2D eigenvalue weighted by Gasteiger charge is -2.16. The van der Waals surface area contributed by atoms with E-state index >= 15 is 0 Å². The van der Waals surface area contributed by atoms with Gasteiger partial charge in [0.15, 0.2) is 0 Å². The average Bonchev–Trinajstić information content (AvgIpc) is 2.61. The summed E-state index contributed by atoms with van der Waals surface area (Å²) in [7, 11) is 0. The van der Waals surface area contributed by atoms with Gasteiger partial charge in [-0.1, -0.05) is 47.0 Å². The first-order chi connectivity index (χ1) is 5.62. The van der Waals surface area contributed by atoms with Crippen molar-refractivity contribution in [1.29, 1.82) is 0 Å². The first kappa shape index (κ1) is 10.1. The van der Waals surface area contributed by atoms with Crippen molar-refractivity contribution in [2.45, 2.75) is 59.8 Å². The molecule has 0 radical (unpaired) electrons. The van der Waals surface area contributed by atoms with Gasteiger partial charge in [-0.05, 0) is 30.1 Å². The molecule has 0 N–H and O–H groups in total. The molecule has 0 aromatic carbocycles. The number of rotatable bonds is 5. The van der Waals surface area contributed by atoms with Gasteiger partial charge < -0.3 is 0 Å². The number of hydrogen-bond acceptors (Lipinski definition) is 0. The van der Waals surface area contributed by atoms with Crippen molar-refractivity contribution in [3.8, 4) is 0 Å². The summed E-state index contributed by atoms with van der Waals surface area (Å²) in [4.78, 5) is 0. The summed E-state index contributed by atoms with van der Waals surface area (Å²) in [5, 5.41) is 0. The highest BCUT2D eigenvalue weighted by Crippen LogP contribution is 2.58. The van der Waals surface area contributed by atoms with Gasteiger partial charge in [-0.3, -0.25) is 0 Å². The Balaban J connectivity index is 2.23. The minimum absolute atomic E-state index is 0.739. The Hall–Kier alpha value is 0. The fourth-order valence-corrected chi connectivity index (χ4v) is 2.78. The predicted octanol–water partition coefficient (Wildman–Crippen LogP) is 4.25. The zero-order valence-electron chi connectivity index (χ0n) is 9.19. The van der Waals surface area contributed by atoms with Gasteiger partial charge in [0, 0.05) is 0 Å². The van der Waals surface area contributed by atoms with Crippen molar-refractivity contribution >= 4 is 0 Å². The Morgan fingerprint density at radius 2 is 2.08 bits per heavy atom. The molecule has 0 aromatic rings. The van der Waals surface area contributed by atoms with Gasteiger partial charge >= 0.3 is 0 Å². The van der Waals surface area contributed by atoms with Crippen LogP contribution < -0.4 is 0 Å². The highest BCUT2D eigenvalue weighted by molar-refractivity contribution is 4.98. The molecule has 12 heavy (non-hydrogen) atoms. The van der Waals surface area contributed by atoms with E-state index in [0.717, 1.165) is 17.3 Å². The molecule has 1 rings (SSSR count). The van der Waals surface area contributed by atoms with Crippen LogP contribution in [0.2, 0.25) is 0 Å². The molecule has 0 bridgehead atoms. The van der Waals surface area contributed by atoms with E-state index in [-0.39, 0.29) is 0 Å². The molecule has 0 heterocycles. The second kappa shape index (κ2) is 3.81. The standard InChI is InChI=1S/C12H24/c1-5-7-10(3)8-12(4)9-11(12)6-2/h10-11H,5-9H2,1-4H3. The van der Waals surface area contributed by atoms with Crippen molar-refractivity contribution in [2.24, 2.45) is 17.3 Å². The smallest absolute Gasteiger partial charge is 0.0292 e. The summed E-state index contributed by atoms with van der Waals surface area (Å²) >= 11 is 0. The Morgan fingerprint density at radius 1 is 1.42 bits per heavy atom. The second-order valence-electron chi connectivity index (χ2n) is 5.06. The van der Waals surface area contributed by atoms with Gasteiger partial charge in [0.25, 0.3) is 0 Å². The maximum absolute atomic E-state index is 2.48. The molecule has 0 amide bonds. The van der Waals surface area contributed by atoms with Crippen LogP contribution in [-0.4, -0.2) is 0 Å². The van der Waals surface area contributed by atoms with E-state index < -0.39 is 0 Å². The van der Waals surface area contributed by atoms with Crippen LogP contribution >= 0.6 is 0 Å². The SMILES string of the molecule is CCCC(C)CC1(C)CC1CC. The lowest BCUT2D eigenvalue weighted by atomic mass is 9.89. The van der Waals surface area contributed by atoms with Crippen LogP contribution in [0.4, 0.5) is 0 Å². The summed E-state index contributed by atoms with van der Waals surface area (Å²) in [6, 6.07) is 0. The normalized spacial score (nSPS) is 36.5. The molecule has 0 aromatic heterocycles. The van der Waals surface area contributed by atoms with E-state index in [9.17, 15) is 0 Å². The van der Waals surface area contributed by atoms with Gasteiger partial charge in [-0.25, -0.2) is 0 Å². The van der Waals surface area contributed by atoms with Gasteiger partial charge in [-0.15, -0.1) is 0 Å². The summed E-state index contributed by atoms with van der Waals surface area (Å²) in [6.07, 6.45) is 7.15. The Bertz CT molecular complexity index is 139. The van der Waals surface area contributed by atoms with Crippen molar-refractivity contribution < 1.29 is 0 Å². The van der Waals surface area contributed by atoms with Crippen LogP contribution in [0, 0.1) is 17.3 Å². The van der Waals surface area contributed by atoms with Crippen molar-refractivity contribution in [1.82, 2.24) is 0 Å². The molecule has 0 heteroatoms. The van der Waals surface area contributed by atoms with E-state index in [1.807, 2.05) is 0 Å². The Labute approximate surface area is 77.7 Å². The lowest BCUT2D eigenvalue weighted by Crippen LogP contribution is -2.05. The third-order valence-corrected chi connectivity index (χ3v) is 3.63. The first-order valence-electron chi connectivity index (χ1n) is 5.62. The first-order valence-corrected chi connectivity index (χ1v) is 5.62. The molecule has 1 saturated carbocycles. The molecule has 0 saturated heterocycles. The molecule has 1 aliphatic carbocycles. The summed E-state index contributed by atoms with van der Waals surface area (Å²) < 4.78 is 0. The van der Waals surface area contributed by atoms with E-state index in [1.165, 1.54) is 32.1 Å². The van der Waals surface area contributed by atoms with Crippen LogP contribution in [0.1, 0.15) is 59.8 Å². The third-order valence-electron chi connectivity index (χ3n) is 3.63. The fourth-order valence-electron chi connectivity index (χ4n) is 2.78. The molecule has 72 valence electrons. The molecule has 0 spiro atoms. The number of hydrogen-bond donors (Lipinski definition) is 0. The van der Waals surface area contributed by atoms with Gasteiger partial charge in [0.05, 0.1) is 0 Å². The summed E-state index contributed by atoms with van der Waals surface area (Å²) in [5.74, 6) is 2.01. The lowest BCUT2D eigenvalue weighted by molar-refractivity contribution is 0.349. The summed E-state index contributed by atoms with van der Waals surface area (Å²) in [6.45, 7) is 9.52. The van der Waals surface area contributed by atoms with E-state index in [1.54, 1.807) is 0 Å². The second-order valence-corrected chi connectivity index (χ2v) is 5.06. The minimum atomic E-state index is 0.739. The fraction of sp³-hybridized carbons (Fsp3) is 1.00. The third kappa shape index (κ3) is 2.24. The predicted molar refractivity (Wildman–Crippen MR) is 55.2 cm³/mol. The highest BCUT2D eigenvalue weighted by atomic mass is 14.5. The molecular formula is C12H24. The maximum Gasteiger partial charge on any atom is -0.0292 e. The molecular weight excluding hydrogens is 144 g/mol. The zero-order valence-corrected chi connectivity index (χ0v) is 9.19. The summed E-state index contributed by atoms with van der Waals surface area (Å²) in [5.41, 5.74) is 0.739. The quantitative estimate of drug-likeness (QED) is 0.575. The van der Waals surface area contributed by atoms with Crippen molar-refractivity contribution in [2.75, 3.05) is 0 Å².